The van der Waals surface area contributed by atoms with E-state index in [1.165, 1.54) is 41.3 Å². The van der Waals surface area contributed by atoms with E-state index in [2.05, 4.69) is 78.7 Å². The van der Waals surface area contributed by atoms with Gasteiger partial charge < -0.3 is 9.64 Å². The predicted octanol–water partition coefficient (Wildman–Crippen LogP) is 5.91. The molecule has 0 saturated carbocycles. The van der Waals surface area contributed by atoms with Crippen LogP contribution in [0.25, 0.3) is 10.8 Å². The van der Waals surface area contributed by atoms with Crippen LogP contribution in [0.3, 0.4) is 0 Å². The predicted molar refractivity (Wildman–Crippen MR) is 121 cm³/mol. The number of benzene rings is 3. The second kappa shape index (κ2) is 9.95. The van der Waals surface area contributed by atoms with Crippen molar-refractivity contribution in [2.75, 3.05) is 20.2 Å². The van der Waals surface area contributed by atoms with Gasteiger partial charge in [0.25, 0.3) is 0 Å². The van der Waals surface area contributed by atoms with Crippen LogP contribution < -0.4 is 4.74 Å². The zero-order valence-corrected chi connectivity index (χ0v) is 17.5. The minimum absolute atomic E-state index is 0. The summed E-state index contributed by atoms with van der Waals surface area (Å²) < 4.78 is 6.32. The number of rotatable bonds is 7. The average Bonchev–Trinajstić information content (AvgIpc) is 3.12. The van der Waals surface area contributed by atoms with Crippen molar-refractivity contribution in [3.8, 4) is 5.75 Å². The molecule has 1 saturated heterocycles. The maximum absolute atomic E-state index is 6.32. The van der Waals surface area contributed by atoms with Crippen molar-refractivity contribution in [1.82, 2.24) is 4.90 Å². The highest BCUT2D eigenvalue weighted by molar-refractivity contribution is 5.87. The molecule has 1 aliphatic rings. The second-order valence-electron chi connectivity index (χ2n) is 7.66. The summed E-state index contributed by atoms with van der Waals surface area (Å²) in [5.41, 5.74) is 2.72. The van der Waals surface area contributed by atoms with Gasteiger partial charge in [0, 0.05) is 11.6 Å². The number of hydrogen-bond acceptors (Lipinski definition) is 2. The molecule has 3 aromatic carbocycles. The molecule has 0 amide bonds. The van der Waals surface area contributed by atoms with Crippen molar-refractivity contribution in [2.45, 2.75) is 38.1 Å². The van der Waals surface area contributed by atoms with Gasteiger partial charge in [-0.2, -0.15) is 0 Å². The third-order valence-corrected chi connectivity index (χ3v) is 5.88. The molecule has 0 bridgehead atoms. The molecule has 0 spiro atoms. The van der Waals surface area contributed by atoms with E-state index in [-0.39, 0.29) is 12.4 Å². The fourth-order valence-corrected chi connectivity index (χ4v) is 4.27. The number of aryl methyl sites for hydroxylation is 2. The van der Waals surface area contributed by atoms with Crippen molar-refractivity contribution < 1.29 is 4.74 Å². The summed E-state index contributed by atoms with van der Waals surface area (Å²) >= 11 is 0. The Morgan fingerprint density at radius 1 is 0.929 bits per heavy atom. The highest BCUT2D eigenvalue weighted by atomic mass is 35.5. The number of halogens is 1. The topological polar surface area (TPSA) is 12.5 Å². The van der Waals surface area contributed by atoms with E-state index in [0.29, 0.717) is 6.04 Å². The average molecular weight is 396 g/mol. The van der Waals surface area contributed by atoms with E-state index in [9.17, 15) is 0 Å². The minimum atomic E-state index is 0. The smallest absolute Gasteiger partial charge is 0.123 e. The van der Waals surface area contributed by atoms with Crippen LogP contribution in [0.2, 0.25) is 0 Å². The van der Waals surface area contributed by atoms with Crippen molar-refractivity contribution in [1.29, 1.82) is 0 Å². The lowest BCUT2D eigenvalue weighted by Gasteiger charge is -2.20. The normalized spacial score (nSPS) is 16.8. The lowest BCUT2D eigenvalue weighted by atomic mass is 9.97. The van der Waals surface area contributed by atoms with E-state index in [0.717, 1.165) is 31.6 Å². The van der Waals surface area contributed by atoms with Gasteiger partial charge in [-0.1, -0.05) is 60.7 Å². The van der Waals surface area contributed by atoms with Crippen LogP contribution in [0.4, 0.5) is 0 Å². The van der Waals surface area contributed by atoms with Crippen LogP contribution in [0.5, 0.6) is 5.75 Å². The first-order valence-corrected chi connectivity index (χ1v) is 10.2. The summed E-state index contributed by atoms with van der Waals surface area (Å²) in [6.07, 6.45) is 5.78. The Hall–Kier alpha value is -2.03. The van der Waals surface area contributed by atoms with Crippen LogP contribution in [0.15, 0.2) is 66.7 Å². The molecule has 1 unspecified atom stereocenters. The summed E-state index contributed by atoms with van der Waals surface area (Å²) in [5.74, 6) is 1.06. The van der Waals surface area contributed by atoms with Crippen LogP contribution >= 0.6 is 12.4 Å². The zero-order valence-electron chi connectivity index (χ0n) is 16.6. The Bertz CT molecular complexity index is 880. The quantitative estimate of drug-likeness (QED) is 0.493. The molecule has 28 heavy (non-hydrogen) atoms. The van der Waals surface area contributed by atoms with Crippen LogP contribution in [0, 0.1) is 0 Å². The Kier molecular flexibility index (Phi) is 7.36. The number of likely N-dealkylation sites (tertiary alicyclic amines) is 1. The highest BCUT2D eigenvalue weighted by Gasteiger charge is 2.20. The molecule has 1 aliphatic heterocycles. The van der Waals surface area contributed by atoms with Crippen molar-refractivity contribution in [3.05, 3.63) is 77.9 Å². The van der Waals surface area contributed by atoms with Gasteiger partial charge in [0.2, 0.25) is 0 Å². The summed E-state index contributed by atoms with van der Waals surface area (Å²) in [4.78, 5) is 2.47. The Morgan fingerprint density at radius 3 is 2.50 bits per heavy atom. The number of nitrogens with zero attached hydrogens (tertiary/aromatic N) is 1. The fraction of sp³-hybridized carbons (Fsp3) is 0.360. The van der Waals surface area contributed by atoms with E-state index >= 15 is 0 Å². The summed E-state index contributed by atoms with van der Waals surface area (Å²) in [6.45, 7) is 2.02. The van der Waals surface area contributed by atoms with Crippen molar-refractivity contribution in [2.24, 2.45) is 0 Å². The molecule has 1 atom stereocenters. The third kappa shape index (κ3) is 4.87. The van der Waals surface area contributed by atoms with Crippen LogP contribution in [0.1, 0.15) is 30.4 Å². The Labute approximate surface area is 174 Å². The number of fused-ring (bicyclic) bond motifs is 1. The van der Waals surface area contributed by atoms with E-state index in [1.807, 2.05) is 0 Å². The van der Waals surface area contributed by atoms with Crippen LogP contribution in [-0.2, 0) is 12.8 Å². The van der Waals surface area contributed by atoms with E-state index < -0.39 is 0 Å². The molecular formula is C25H30ClNO. The maximum Gasteiger partial charge on any atom is 0.123 e. The first-order chi connectivity index (χ1) is 13.3. The lowest BCUT2D eigenvalue weighted by molar-refractivity contribution is 0.232. The largest absolute Gasteiger partial charge is 0.493 e. The molecule has 4 rings (SSSR count). The molecule has 2 nitrogen and oxygen atoms in total. The molecule has 0 aliphatic carbocycles. The summed E-state index contributed by atoms with van der Waals surface area (Å²) in [7, 11) is 2.24. The van der Waals surface area contributed by atoms with E-state index in [4.69, 9.17) is 4.74 Å². The molecule has 148 valence electrons. The zero-order chi connectivity index (χ0) is 18.5. The van der Waals surface area contributed by atoms with Gasteiger partial charge >= 0.3 is 0 Å². The summed E-state index contributed by atoms with van der Waals surface area (Å²) in [5, 5.41) is 2.62. The second-order valence-corrected chi connectivity index (χ2v) is 7.66. The van der Waals surface area contributed by atoms with Crippen molar-refractivity contribution >= 4 is 23.2 Å². The van der Waals surface area contributed by atoms with Gasteiger partial charge in [-0.25, -0.2) is 0 Å². The van der Waals surface area contributed by atoms with Gasteiger partial charge in [-0.05, 0) is 68.1 Å². The highest BCUT2D eigenvalue weighted by Crippen LogP contribution is 2.30. The summed E-state index contributed by atoms with van der Waals surface area (Å²) in [6, 6.07) is 24.4. The lowest BCUT2D eigenvalue weighted by Crippen LogP contribution is -2.26. The third-order valence-electron chi connectivity index (χ3n) is 5.88. The van der Waals surface area contributed by atoms with Gasteiger partial charge in [-0.15, -0.1) is 12.4 Å². The molecular weight excluding hydrogens is 366 g/mol. The van der Waals surface area contributed by atoms with Crippen LogP contribution in [-0.4, -0.2) is 31.1 Å². The standard InChI is InChI=1S/C25H29NO.ClH/c1-26-18-7-11-22(26)17-19-27-25-16-14-21-10-5-6-12-23(21)24(25)15-13-20-8-3-2-4-9-20;/h2-6,8-10,12,14,16,22H,7,11,13,15,17-19H2,1H3;1H. The first-order valence-electron chi connectivity index (χ1n) is 10.2. The van der Waals surface area contributed by atoms with Gasteiger partial charge in [0.05, 0.1) is 6.61 Å². The molecule has 0 N–H and O–H groups in total. The number of ether oxygens (including phenoxy) is 1. The minimum Gasteiger partial charge on any atom is -0.493 e. The molecule has 1 fully saturated rings. The first kappa shape index (κ1) is 20.7. The monoisotopic (exact) mass is 395 g/mol. The molecule has 0 aromatic heterocycles. The molecule has 3 heteroatoms. The van der Waals surface area contributed by atoms with Gasteiger partial charge in [-0.3, -0.25) is 0 Å². The van der Waals surface area contributed by atoms with Gasteiger partial charge in [0.15, 0.2) is 0 Å². The fourth-order valence-electron chi connectivity index (χ4n) is 4.27. The SMILES string of the molecule is CN1CCCC1CCOc1ccc2ccccc2c1CCc1ccccc1.Cl. The maximum atomic E-state index is 6.32. The molecule has 0 radical (unpaired) electrons. The van der Waals surface area contributed by atoms with Gasteiger partial charge in [0.1, 0.15) is 5.75 Å². The number of hydrogen-bond donors (Lipinski definition) is 0. The Balaban J connectivity index is 0.00000225. The molecule has 1 heterocycles. The van der Waals surface area contributed by atoms with Crippen molar-refractivity contribution in [3.63, 3.8) is 0 Å². The Morgan fingerprint density at radius 2 is 1.71 bits per heavy atom. The van der Waals surface area contributed by atoms with E-state index in [1.54, 1.807) is 0 Å². The molecule has 3 aromatic rings.